The van der Waals surface area contributed by atoms with Crippen molar-refractivity contribution in [1.29, 1.82) is 0 Å². The van der Waals surface area contributed by atoms with Crippen molar-refractivity contribution >= 4 is 35.2 Å². The van der Waals surface area contributed by atoms with Gasteiger partial charge in [0, 0.05) is 19.0 Å². The van der Waals surface area contributed by atoms with E-state index in [1.807, 2.05) is 0 Å². The third-order valence-corrected chi connectivity index (χ3v) is 3.63. The summed E-state index contributed by atoms with van der Waals surface area (Å²) in [5.41, 5.74) is 2.08. The molecule has 0 aliphatic heterocycles. The van der Waals surface area contributed by atoms with Crippen LogP contribution in [0.4, 0.5) is 4.79 Å². The van der Waals surface area contributed by atoms with Gasteiger partial charge in [0.25, 0.3) is 5.91 Å². The second-order valence-corrected chi connectivity index (χ2v) is 5.44. The molecule has 0 radical (unpaired) electrons. The van der Waals surface area contributed by atoms with Crippen LogP contribution in [0.1, 0.15) is 21.8 Å². The number of halogens is 2. The maximum absolute atomic E-state index is 11.6. The summed E-state index contributed by atoms with van der Waals surface area (Å²) in [4.78, 5) is 22.7. The molecule has 3 N–H and O–H groups in total. The van der Waals surface area contributed by atoms with Crippen LogP contribution in [0.2, 0.25) is 10.0 Å². The lowest BCUT2D eigenvalue weighted by Crippen LogP contribution is -2.26. The first-order valence-electron chi connectivity index (χ1n) is 6.74. The number of carbonyl (C=O) groups excluding carboxylic acids is 2. The molecule has 8 nitrogen and oxygen atoms in total. The van der Waals surface area contributed by atoms with Crippen LogP contribution in [0.15, 0.2) is 28.8 Å². The lowest BCUT2D eigenvalue weighted by atomic mass is 10.2. The molecule has 1 aromatic carbocycles. The third-order valence-electron chi connectivity index (χ3n) is 2.89. The number of ether oxygens (including phenoxy) is 1. The van der Waals surface area contributed by atoms with Crippen molar-refractivity contribution < 1.29 is 24.1 Å². The SMILES string of the molecule is O=C(NCCc1cc(C(=O)NO)no1)OCc1ccc(Cl)c(Cl)c1. The smallest absolute Gasteiger partial charge is 0.407 e. The van der Waals surface area contributed by atoms with E-state index in [4.69, 9.17) is 37.7 Å². The van der Waals surface area contributed by atoms with Crippen LogP contribution in [0.25, 0.3) is 0 Å². The number of hydrogen-bond donors (Lipinski definition) is 3. The summed E-state index contributed by atoms with van der Waals surface area (Å²) in [6.07, 6.45) is -0.318. The fourth-order valence-electron chi connectivity index (χ4n) is 1.71. The van der Waals surface area contributed by atoms with E-state index in [1.165, 1.54) is 11.5 Å². The van der Waals surface area contributed by atoms with Gasteiger partial charge in [0.15, 0.2) is 5.69 Å². The molecule has 0 aliphatic rings. The highest BCUT2D eigenvalue weighted by Crippen LogP contribution is 2.22. The minimum Gasteiger partial charge on any atom is -0.445 e. The molecule has 0 saturated heterocycles. The zero-order valence-corrected chi connectivity index (χ0v) is 13.7. The Hall–Kier alpha value is -2.29. The summed E-state index contributed by atoms with van der Waals surface area (Å²) in [6.45, 7) is 0.265. The number of hydroxylamine groups is 1. The van der Waals surface area contributed by atoms with E-state index in [-0.39, 0.29) is 18.8 Å². The Morgan fingerprint density at radius 2 is 2.04 bits per heavy atom. The van der Waals surface area contributed by atoms with Gasteiger partial charge in [-0.3, -0.25) is 10.0 Å². The Labute approximate surface area is 146 Å². The van der Waals surface area contributed by atoms with Gasteiger partial charge in [0.05, 0.1) is 10.0 Å². The van der Waals surface area contributed by atoms with Crippen LogP contribution < -0.4 is 10.8 Å². The Morgan fingerprint density at radius 3 is 2.75 bits per heavy atom. The van der Waals surface area contributed by atoms with Gasteiger partial charge in [-0.2, -0.15) is 0 Å². The molecule has 0 unspecified atom stereocenters. The summed E-state index contributed by atoms with van der Waals surface area (Å²) in [7, 11) is 0. The molecule has 1 aromatic heterocycles. The largest absolute Gasteiger partial charge is 0.445 e. The monoisotopic (exact) mass is 373 g/mol. The molecule has 0 aliphatic carbocycles. The number of benzene rings is 1. The van der Waals surface area contributed by atoms with E-state index in [0.29, 0.717) is 27.8 Å². The van der Waals surface area contributed by atoms with Crippen LogP contribution >= 0.6 is 23.2 Å². The molecular formula is C14H13Cl2N3O5. The Balaban J connectivity index is 1.72. The van der Waals surface area contributed by atoms with Crippen LogP contribution in [0, 0.1) is 0 Å². The van der Waals surface area contributed by atoms with E-state index < -0.39 is 12.0 Å². The molecular weight excluding hydrogens is 361 g/mol. The summed E-state index contributed by atoms with van der Waals surface area (Å²) >= 11 is 11.7. The molecule has 2 amide bonds. The first kappa shape index (κ1) is 18.1. The number of hydrogen-bond acceptors (Lipinski definition) is 6. The lowest BCUT2D eigenvalue weighted by Gasteiger charge is -2.07. The van der Waals surface area contributed by atoms with Gasteiger partial charge in [0.2, 0.25) is 0 Å². The summed E-state index contributed by atoms with van der Waals surface area (Å²) in [6, 6.07) is 6.28. The highest BCUT2D eigenvalue weighted by atomic mass is 35.5. The van der Waals surface area contributed by atoms with E-state index >= 15 is 0 Å². The topological polar surface area (TPSA) is 114 Å². The lowest BCUT2D eigenvalue weighted by molar-refractivity contribution is 0.0696. The van der Waals surface area contributed by atoms with Crippen LogP contribution in [0.3, 0.4) is 0 Å². The quantitative estimate of drug-likeness (QED) is 0.529. The van der Waals surface area contributed by atoms with Gasteiger partial charge >= 0.3 is 6.09 Å². The maximum atomic E-state index is 11.6. The van der Waals surface area contributed by atoms with E-state index in [1.54, 1.807) is 18.2 Å². The Kier molecular flexibility index (Phi) is 6.42. The third kappa shape index (κ3) is 5.12. The number of nitrogens with one attached hydrogen (secondary N) is 2. The number of nitrogens with zero attached hydrogens (tertiary/aromatic N) is 1. The van der Waals surface area contributed by atoms with Crippen LogP contribution in [-0.4, -0.2) is 28.9 Å². The molecule has 0 atom stereocenters. The maximum Gasteiger partial charge on any atom is 0.407 e. The van der Waals surface area contributed by atoms with Gasteiger partial charge in [0.1, 0.15) is 12.4 Å². The minimum absolute atomic E-state index is 0.0475. The second kappa shape index (κ2) is 8.53. The van der Waals surface area contributed by atoms with Crippen LogP contribution in [-0.2, 0) is 17.8 Å². The minimum atomic E-state index is -0.779. The molecule has 2 aromatic rings. The van der Waals surface area contributed by atoms with Gasteiger partial charge in [-0.25, -0.2) is 10.3 Å². The van der Waals surface area contributed by atoms with Crippen molar-refractivity contribution in [2.45, 2.75) is 13.0 Å². The number of rotatable bonds is 6. The number of amides is 2. The fraction of sp³-hybridized carbons (Fsp3) is 0.214. The van der Waals surface area contributed by atoms with Crippen molar-refractivity contribution in [2.24, 2.45) is 0 Å². The summed E-state index contributed by atoms with van der Waals surface area (Å²) in [5, 5.41) is 15.2. The molecule has 0 saturated carbocycles. The van der Waals surface area contributed by atoms with E-state index in [9.17, 15) is 9.59 Å². The predicted molar refractivity (Wildman–Crippen MR) is 84.1 cm³/mol. The molecule has 10 heteroatoms. The number of carbonyl (C=O) groups is 2. The number of alkyl carbamates (subject to hydrolysis) is 1. The highest BCUT2D eigenvalue weighted by Gasteiger charge is 2.12. The van der Waals surface area contributed by atoms with E-state index in [2.05, 4.69) is 10.5 Å². The van der Waals surface area contributed by atoms with Crippen LogP contribution in [0.5, 0.6) is 0 Å². The zero-order chi connectivity index (χ0) is 17.5. The normalized spacial score (nSPS) is 10.3. The predicted octanol–water partition coefficient (Wildman–Crippen LogP) is 2.57. The molecule has 0 bridgehead atoms. The van der Waals surface area contributed by atoms with Crippen molar-refractivity contribution in [3.63, 3.8) is 0 Å². The summed E-state index contributed by atoms with van der Waals surface area (Å²) in [5.74, 6) is -0.405. The van der Waals surface area contributed by atoms with Crippen molar-refractivity contribution in [3.8, 4) is 0 Å². The van der Waals surface area contributed by atoms with Gasteiger partial charge < -0.3 is 14.6 Å². The molecule has 2 rings (SSSR count). The fourth-order valence-corrected chi connectivity index (χ4v) is 2.03. The Morgan fingerprint density at radius 1 is 1.25 bits per heavy atom. The molecule has 1 heterocycles. The van der Waals surface area contributed by atoms with E-state index in [0.717, 1.165) is 0 Å². The second-order valence-electron chi connectivity index (χ2n) is 4.62. The van der Waals surface area contributed by atoms with Crippen molar-refractivity contribution in [3.05, 3.63) is 51.3 Å². The van der Waals surface area contributed by atoms with Gasteiger partial charge in [-0.05, 0) is 17.7 Å². The summed E-state index contributed by atoms with van der Waals surface area (Å²) < 4.78 is 9.91. The highest BCUT2D eigenvalue weighted by molar-refractivity contribution is 6.42. The molecule has 24 heavy (non-hydrogen) atoms. The van der Waals surface area contributed by atoms with Crippen molar-refractivity contribution in [2.75, 3.05) is 6.54 Å². The van der Waals surface area contributed by atoms with Gasteiger partial charge in [-0.1, -0.05) is 34.4 Å². The first-order valence-corrected chi connectivity index (χ1v) is 7.49. The molecule has 128 valence electrons. The first-order chi connectivity index (χ1) is 11.5. The Bertz CT molecular complexity index is 735. The number of aromatic nitrogens is 1. The van der Waals surface area contributed by atoms with Gasteiger partial charge in [-0.15, -0.1) is 0 Å². The zero-order valence-electron chi connectivity index (χ0n) is 12.2. The molecule has 0 fully saturated rings. The van der Waals surface area contributed by atoms with Crippen molar-refractivity contribution in [1.82, 2.24) is 16.0 Å². The average Bonchev–Trinajstić information content (AvgIpc) is 3.04. The standard InChI is InChI=1S/C14H13Cl2N3O5/c15-10-2-1-8(5-11(10)16)7-23-14(21)17-4-3-9-6-12(19-24-9)13(20)18-22/h1-2,5-6,22H,3-4,7H2,(H,17,21)(H,18,20). The average molecular weight is 374 g/mol. The molecule has 0 spiro atoms.